The zero-order valence-electron chi connectivity index (χ0n) is 9.69. The average Bonchev–Trinajstić information content (AvgIpc) is 2.75. The number of oxazole rings is 1. The van der Waals surface area contributed by atoms with Gasteiger partial charge in [0.05, 0.1) is 13.1 Å². The molecule has 0 saturated heterocycles. The molecule has 0 atom stereocenters. The van der Waals surface area contributed by atoms with Crippen LogP contribution >= 0.6 is 0 Å². The van der Waals surface area contributed by atoms with Gasteiger partial charge in [0.2, 0.25) is 0 Å². The summed E-state index contributed by atoms with van der Waals surface area (Å²) in [5, 5.41) is 0. The van der Waals surface area contributed by atoms with Crippen molar-refractivity contribution < 1.29 is 8.82 Å². The van der Waals surface area contributed by atoms with Gasteiger partial charge in [0.15, 0.2) is 11.5 Å². The molecule has 82 valence electrons. The summed E-state index contributed by atoms with van der Waals surface area (Å²) in [6.07, 6.45) is 5.14. The highest BCUT2D eigenvalue weighted by atomic mass is 16.3. The topological polar surface area (TPSA) is 35.1 Å². The normalized spacial score (nSPS) is 11.7. The molecule has 3 rings (SSSR count). The van der Waals surface area contributed by atoms with Crippen LogP contribution in [0.25, 0.3) is 16.7 Å². The predicted molar refractivity (Wildman–Crippen MR) is 60.3 cm³/mol. The molecule has 4 nitrogen and oxygen atoms in total. The third-order valence-corrected chi connectivity index (χ3v) is 3.00. The van der Waals surface area contributed by atoms with Crippen molar-refractivity contribution in [2.24, 2.45) is 7.05 Å². The number of imidazole rings is 1. The Morgan fingerprint density at radius 1 is 1.44 bits per heavy atom. The maximum atomic E-state index is 5.52. The number of aryl methyl sites for hydroxylation is 3. The standard InChI is InChI=1S/C12H14N3O/c1-4-9-6-15-7-11-10(13-8(2)16-11)5-12(15)14(9)3/h5-7H,4H2,1-3H3/q+1. The van der Waals surface area contributed by atoms with Gasteiger partial charge in [0, 0.05) is 13.3 Å². The molecule has 16 heavy (non-hydrogen) atoms. The number of pyridine rings is 1. The van der Waals surface area contributed by atoms with Crippen LogP contribution in [0.2, 0.25) is 0 Å². The van der Waals surface area contributed by atoms with Gasteiger partial charge in [-0.1, -0.05) is 6.92 Å². The van der Waals surface area contributed by atoms with E-state index in [0.29, 0.717) is 5.89 Å². The lowest BCUT2D eigenvalue weighted by Gasteiger charge is -1.90. The highest BCUT2D eigenvalue weighted by Crippen LogP contribution is 2.15. The van der Waals surface area contributed by atoms with Gasteiger partial charge in [-0.25, -0.2) is 9.55 Å². The van der Waals surface area contributed by atoms with Crippen molar-refractivity contribution in [2.75, 3.05) is 0 Å². The Bertz CT molecular complexity index is 678. The fourth-order valence-electron chi connectivity index (χ4n) is 2.14. The molecular weight excluding hydrogens is 202 g/mol. The lowest BCUT2D eigenvalue weighted by molar-refractivity contribution is -0.509. The Balaban J connectivity index is 2.42. The van der Waals surface area contributed by atoms with E-state index in [0.717, 1.165) is 23.2 Å². The van der Waals surface area contributed by atoms with Crippen LogP contribution in [0.3, 0.4) is 0 Å². The molecule has 0 aromatic carbocycles. The third kappa shape index (κ3) is 1.16. The average molecular weight is 216 g/mol. The van der Waals surface area contributed by atoms with Crippen molar-refractivity contribution in [3.05, 3.63) is 30.0 Å². The number of nitrogens with zero attached hydrogens (tertiary/aromatic N) is 3. The van der Waals surface area contributed by atoms with Crippen LogP contribution in [-0.4, -0.2) is 9.55 Å². The molecule has 0 fully saturated rings. The van der Waals surface area contributed by atoms with E-state index < -0.39 is 0 Å². The SMILES string of the molecule is CCc1c[n+]2cc3oc(C)nc3cc2n1C. The summed E-state index contributed by atoms with van der Waals surface area (Å²) in [6.45, 7) is 4.02. The monoisotopic (exact) mass is 216 g/mol. The van der Waals surface area contributed by atoms with Crippen molar-refractivity contribution in [1.82, 2.24) is 9.55 Å². The molecule has 0 spiro atoms. The fourth-order valence-corrected chi connectivity index (χ4v) is 2.14. The minimum Gasteiger partial charge on any atom is -0.437 e. The molecule has 0 radical (unpaired) electrons. The molecule has 0 bridgehead atoms. The van der Waals surface area contributed by atoms with Crippen LogP contribution in [0.4, 0.5) is 0 Å². The van der Waals surface area contributed by atoms with Crippen LogP contribution in [0.5, 0.6) is 0 Å². The summed E-state index contributed by atoms with van der Waals surface area (Å²) >= 11 is 0. The molecule has 3 aromatic rings. The van der Waals surface area contributed by atoms with E-state index in [9.17, 15) is 0 Å². The summed E-state index contributed by atoms with van der Waals surface area (Å²) in [5.74, 6) is 0.710. The van der Waals surface area contributed by atoms with Gasteiger partial charge in [-0.2, -0.15) is 4.40 Å². The Kier molecular flexibility index (Phi) is 1.80. The maximum absolute atomic E-state index is 5.52. The molecule has 3 heterocycles. The largest absolute Gasteiger partial charge is 0.437 e. The molecule has 0 aliphatic carbocycles. The van der Waals surface area contributed by atoms with E-state index in [1.54, 1.807) is 0 Å². The third-order valence-electron chi connectivity index (χ3n) is 3.00. The minimum absolute atomic E-state index is 0.710. The summed E-state index contributed by atoms with van der Waals surface area (Å²) in [5.41, 5.74) is 4.19. The fraction of sp³-hybridized carbons (Fsp3) is 0.333. The molecule has 0 aliphatic rings. The van der Waals surface area contributed by atoms with Gasteiger partial charge < -0.3 is 4.42 Å². The lowest BCUT2D eigenvalue weighted by Crippen LogP contribution is -2.17. The predicted octanol–water partition coefficient (Wildman–Crippen LogP) is 1.78. The van der Waals surface area contributed by atoms with Gasteiger partial charge in [0.1, 0.15) is 23.6 Å². The molecule has 0 saturated carbocycles. The van der Waals surface area contributed by atoms with Gasteiger partial charge in [-0.05, 0) is 0 Å². The highest BCUT2D eigenvalue weighted by Gasteiger charge is 2.15. The second kappa shape index (κ2) is 3.07. The van der Waals surface area contributed by atoms with Crippen molar-refractivity contribution >= 4 is 16.7 Å². The molecular formula is C12H14N3O+. The van der Waals surface area contributed by atoms with Crippen LogP contribution < -0.4 is 4.40 Å². The van der Waals surface area contributed by atoms with Crippen molar-refractivity contribution in [3.63, 3.8) is 0 Å². The molecule has 0 aliphatic heterocycles. The van der Waals surface area contributed by atoms with Crippen LogP contribution in [0.1, 0.15) is 18.5 Å². The van der Waals surface area contributed by atoms with Gasteiger partial charge in [-0.3, -0.25) is 0 Å². The van der Waals surface area contributed by atoms with Gasteiger partial charge >= 0.3 is 0 Å². The van der Waals surface area contributed by atoms with Crippen LogP contribution in [0.15, 0.2) is 22.9 Å². The first kappa shape index (κ1) is 9.39. The maximum Gasteiger partial charge on any atom is 0.288 e. The molecule has 0 N–H and O–H groups in total. The van der Waals surface area contributed by atoms with Crippen molar-refractivity contribution in [2.45, 2.75) is 20.3 Å². The van der Waals surface area contributed by atoms with E-state index in [4.69, 9.17) is 4.42 Å². The van der Waals surface area contributed by atoms with E-state index in [1.807, 2.05) is 13.1 Å². The van der Waals surface area contributed by atoms with E-state index in [1.165, 1.54) is 5.69 Å². The Hall–Kier alpha value is -1.84. The number of hydrogen-bond acceptors (Lipinski definition) is 2. The zero-order chi connectivity index (χ0) is 11.3. The lowest BCUT2D eigenvalue weighted by atomic mass is 10.4. The molecule has 3 aromatic heterocycles. The molecule has 0 unspecified atom stereocenters. The van der Waals surface area contributed by atoms with Crippen molar-refractivity contribution in [1.29, 1.82) is 0 Å². The van der Waals surface area contributed by atoms with E-state index in [2.05, 4.69) is 40.2 Å². The van der Waals surface area contributed by atoms with Gasteiger partial charge in [0.25, 0.3) is 5.65 Å². The Labute approximate surface area is 93.1 Å². The summed E-state index contributed by atoms with van der Waals surface area (Å²) in [7, 11) is 2.08. The summed E-state index contributed by atoms with van der Waals surface area (Å²) < 4.78 is 9.79. The number of rotatable bonds is 1. The Morgan fingerprint density at radius 2 is 2.25 bits per heavy atom. The molecule has 0 amide bonds. The molecule has 4 heteroatoms. The smallest absolute Gasteiger partial charge is 0.288 e. The first-order chi connectivity index (χ1) is 7.69. The first-order valence-corrected chi connectivity index (χ1v) is 5.46. The Morgan fingerprint density at radius 3 is 3.00 bits per heavy atom. The van der Waals surface area contributed by atoms with Crippen LogP contribution in [0, 0.1) is 6.92 Å². The zero-order valence-corrected chi connectivity index (χ0v) is 9.69. The van der Waals surface area contributed by atoms with Crippen LogP contribution in [-0.2, 0) is 13.5 Å². The van der Waals surface area contributed by atoms with Crippen molar-refractivity contribution in [3.8, 4) is 0 Å². The quantitative estimate of drug-likeness (QED) is 0.581. The number of fused-ring (bicyclic) bond motifs is 2. The highest BCUT2D eigenvalue weighted by molar-refractivity contribution is 5.73. The van der Waals surface area contributed by atoms with Gasteiger partial charge in [-0.15, -0.1) is 0 Å². The van der Waals surface area contributed by atoms with E-state index >= 15 is 0 Å². The van der Waals surface area contributed by atoms with E-state index in [-0.39, 0.29) is 0 Å². The second-order valence-corrected chi connectivity index (χ2v) is 4.05. The summed E-state index contributed by atoms with van der Waals surface area (Å²) in [4.78, 5) is 4.35. The second-order valence-electron chi connectivity index (χ2n) is 4.05. The first-order valence-electron chi connectivity index (χ1n) is 5.46. The summed E-state index contributed by atoms with van der Waals surface area (Å²) in [6, 6.07) is 2.06. The number of hydrogen-bond donors (Lipinski definition) is 0. The number of aromatic nitrogens is 3. The minimum atomic E-state index is 0.710.